The molecule has 1 N–H and O–H groups in total. The predicted molar refractivity (Wildman–Crippen MR) is 75.5 cm³/mol. The summed E-state index contributed by atoms with van der Waals surface area (Å²) < 4.78 is 32.9. The topological polar surface area (TPSA) is 29.5 Å². The number of hydrogen-bond donors (Lipinski definition) is 1. The first-order valence-electron chi connectivity index (χ1n) is 6.02. The fourth-order valence-electron chi connectivity index (χ4n) is 1.72. The van der Waals surface area contributed by atoms with Gasteiger partial charge in [-0.25, -0.2) is 8.78 Å². The number of halogens is 3. The fraction of sp³-hybridized carbons (Fsp3) is 0.200. The third kappa shape index (κ3) is 3.35. The van der Waals surface area contributed by atoms with Crippen LogP contribution < -0.4 is 4.74 Å². The summed E-state index contributed by atoms with van der Waals surface area (Å²) in [5.41, 5.74) is 0.541. The van der Waals surface area contributed by atoms with Gasteiger partial charge in [0.25, 0.3) is 0 Å². The summed E-state index contributed by atoms with van der Waals surface area (Å²) >= 11 is 3.01. The van der Waals surface area contributed by atoms with Gasteiger partial charge in [-0.15, -0.1) is 0 Å². The monoisotopic (exact) mass is 342 g/mol. The first-order chi connectivity index (χ1) is 9.49. The lowest BCUT2D eigenvalue weighted by Crippen LogP contribution is -2.03. The molecule has 0 spiro atoms. The van der Waals surface area contributed by atoms with Crippen LogP contribution in [0, 0.1) is 11.6 Å². The largest absolute Gasteiger partial charge is 0.489 e. The molecule has 0 saturated carbocycles. The van der Waals surface area contributed by atoms with E-state index < -0.39 is 17.7 Å². The van der Waals surface area contributed by atoms with Crippen molar-refractivity contribution in [3.63, 3.8) is 0 Å². The molecule has 0 radical (unpaired) electrons. The molecule has 0 aliphatic heterocycles. The van der Waals surface area contributed by atoms with E-state index in [9.17, 15) is 13.9 Å². The third-order valence-corrected chi connectivity index (χ3v) is 3.48. The summed E-state index contributed by atoms with van der Waals surface area (Å²) in [5, 5.41) is 9.48. The van der Waals surface area contributed by atoms with Crippen LogP contribution in [0.4, 0.5) is 8.78 Å². The quantitative estimate of drug-likeness (QED) is 0.836. The third-order valence-electron chi connectivity index (χ3n) is 2.86. The van der Waals surface area contributed by atoms with Crippen LogP contribution in [0.15, 0.2) is 40.9 Å². The highest BCUT2D eigenvalue weighted by atomic mass is 79.9. The van der Waals surface area contributed by atoms with Gasteiger partial charge in [0.15, 0.2) is 0 Å². The van der Waals surface area contributed by atoms with Crippen molar-refractivity contribution in [3.05, 3.63) is 63.6 Å². The van der Waals surface area contributed by atoms with Gasteiger partial charge in [0.05, 0.1) is 16.1 Å². The fourth-order valence-corrected chi connectivity index (χ4v) is 2.09. The first kappa shape index (κ1) is 14.9. The molecule has 0 aliphatic carbocycles. The summed E-state index contributed by atoms with van der Waals surface area (Å²) in [6.07, 6.45) is -0.627. The molecule has 5 heteroatoms. The van der Waals surface area contributed by atoms with E-state index in [-0.39, 0.29) is 16.6 Å². The standard InChI is InChI=1S/C15H13BrF2O2/c1-9(19)10-3-2-4-11(7-10)20-8-12-14(17)6-5-13(16)15(12)18/h2-7,9,19H,8H2,1H3/t9-/m0/s1. The van der Waals surface area contributed by atoms with E-state index in [2.05, 4.69) is 15.9 Å². The summed E-state index contributed by atoms with van der Waals surface area (Å²) in [5.74, 6) is -0.878. The molecule has 0 aromatic heterocycles. The molecule has 2 nitrogen and oxygen atoms in total. The van der Waals surface area contributed by atoms with Gasteiger partial charge in [-0.2, -0.15) is 0 Å². The Bertz CT molecular complexity index is 615. The predicted octanol–water partition coefficient (Wildman–Crippen LogP) is 4.36. The lowest BCUT2D eigenvalue weighted by atomic mass is 10.1. The van der Waals surface area contributed by atoms with E-state index in [1.54, 1.807) is 31.2 Å². The van der Waals surface area contributed by atoms with Crippen molar-refractivity contribution in [2.75, 3.05) is 0 Å². The Labute approximate surface area is 124 Å². The minimum absolute atomic E-state index is 0.137. The van der Waals surface area contributed by atoms with E-state index in [4.69, 9.17) is 4.74 Å². The molecule has 20 heavy (non-hydrogen) atoms. The number of benzene rings is 2. The molecule has 0 aliphatic rings. The second kappa shape index (κ2) is 6.33. The highest BCUT2D eigenvalue weighted by molar-refractivity contribution is 9.10. The molecule has 0 fully saturated rings. The summed E-state index contributed by atoms with van der Waals surface area (Å²) in [4.78, 5) is 0. The summed E-state index contributed by atoms with van der Waals surface area (Å²) in [6, 6.07) is 9.25. The molecule has 2 aromatic rings. The zero-order chi connectivity index (χ0) is 14.7. The molecule has 0 bridgehead atoms. The van der Waals surface area contributed by atoms with E-state index >= 15 is 0 Å². The van der Waals surface area contributed by atoms with Crippen LogP contribution in [0.2, 0.25) is 0 Å². The van der Waals surface area contributed by atoms with Crippen LogP contribution in [-0.4, -0.2) is 5.11 Å². The molecule has 2 aromatic carbocycles. The number of aliphatic hydroxyl groups excluding tert-OH is 1. The molecule has 2 rings (SSSR count). The molecule has 0 amide bonds. The number of rotatable bonds is 4. The lowest BCUT2D eigenvalue weighted by molar-refractivity contribution is 0.198. The van der Waals surface area contributed by atoms with Gasteiger partial charge >= 0.3 is 0 Å². The maximum Gasteiger partial charge on any atom is 0.146 e. The van der Waals surface area contributed by atoms with Crippen LogP contribution in [0.3, 0.4) is 0 Å². The van der Waals surface area contributed by atoms with E-state index in [1.165, 1.54) is 12.1 Å². The molecule has 0 heterocycles. The van der Waals surface area contributed by atoms with Crippen molar-refractivity contribution in [3.8, 4) is 5.75 Å². The molecule has 0 unspecified atom stereocenters. The van der Waals surface area contributed by atoms with E-state index in [1.807, 2.05) is 0 Å². The lowest BCUT2D eigenvalue weighted by Gasteiger charge is -2.11. The Morgan fingerprint density at radius 2 is 2.00 bits per heavy atom. The van der Waals surface area contributed by atoms with Crippen LogP contribution in [0.1, 0.15) is 24.2 Å². The highest BCUT2D eigenvalue weighted by Crippen LogP contribution is 2.24. The second-order valence-electron chi connectivity index (χ2n) is 4.36. The zero-order valence-corrected chi connectivity index (χ0v) is 12.3. The van der Waals surface area contributed by atoms with Crippen molar-refractivity contribution in [1.29, 1.82) is 0 Å². The van der Waals surface area contributed by atoms with Crippen LogP contribution in [-0.2, 0) is 6.61 Å². The van der Waals surface area contributed by atoms with Gasteiger partial charge in [0.2, 0.25) is 0 Å². The Morgan fingerprint density at radius 1 is 1.25 bits per heavy atom. The number of aliphatic hydroxyl groups is 1. The van der Waals surface area contributed by atoms with Gasteiger partial charge < -0.3 is 9.84 Å². The molecular formula is C15H13BrF2O2. The van der Waals surface area contributed by atoms with Gasteiger partial charge in [-0.05, 0) is 52.7 Å². The van der Waals surface area contributed by atoms with Crippen LogP contribution in [0.5, 0.6) is 5.75 Å². The van der Waals surface area contributed by atoms with E-state index in [0.29, 0.717) is 11.3 Å². The molecule has 106 valence electrons. The van der Waals surface area contributed by atoms with Crippen molar-refractivity contribution in [1.82, 2.24) is 0 Å². The Kier molecular flexibility index (Phi) is 4.73. The van der Waals surface area contributed by atoms with Crippen molar-refractivity contribution >= 4 is 15.9 Å². The van der Waals surface area contributed by atoms with Crippen molar-refractivity contribution in [2.24, 2.45) is 0 Å². The van der Waals surface area contributed by atoms with Gasteiger partial charge in [0, 0.05) is 0 Å². The minimum atomic E-state index is -0.670. The highest BCUT2D eigenvalue weighted by Gasteiger charge is 2.13. The van der Waals surface area contributed by atoms with Crippen LogP contribution in [0.25, 0.3) is 0 Å². The summed E-state index contributed by atoms with van der Waals surface area (Å²) in [7, 11) is 0. The first-order valence-corrected chi connectivity index (χ1v) is 6.81. The molecular weight excluding hydrogens is 330 g/mol. The molecule has 1 atom stereocenters. The summed E-state index contributed by atoms with van der Waals surface area (Å²) in [6.45, 7) is 1.41. The maximum absolute atomic E-state index is 13.8. The number of ether oxygens (including phenoxy) is 1. The minimum Gasteiger partial charge on any atom is -0.489 e. The Hall–Kier alpha value is -1.46. The SMILES string of the molecule is C[C@H](O)c1cccc(OCc2c(F)ccc(Br)c2F)c1. The normalized spacial score (nSPS) is 12.2. The average molecular weight is 343 g/mol. The molecule has 0 saturated heterocycles. The average Bonchev–Trinajstić information content (AvgIpc) is 2.43. The Balaban J connectivity index is 2.17. The maximum atomic E-state index is 13.8. The smallest absolute Gasteiger partial charge is 0.146 e. The zero-order valence-electron chi connectivity index (χ0n) is 10.7. The Morgan fingerprint density at radius 3 is 2.70 bits per heavy atom. The van der Waals surface area contributed by atoms with Gasteiger partial charge in [-0.3, -0.25) is 0 Å². The van der Waals surface area contributed by atoms with Gasteiger partial charge in [0.1, 0.15) is 24.0 Å². The van der Waals surface area contributed by atoms with Crippen molar-refractivity contribution < 1.29 is 18.6 Å². The van der Waals surface area contributed by atoms with Gasteiger partial charge in [-0.1, -0.05) is 12.1 Å². The van der Waals surface area contributed by atoms with E-state index in [0.717, 1.165) is 0 Å². The second-order valence-corrected chi connectivity index (χ2v) is 5.21. The van der Waals surface area contributed by atoms with Crippen LogP contribution >= 0.6 is 15.9 Å². The number of hydrogen-bond acceptors (Lipinski definition) is 2. The van der Waals surface area contributed by atoms with Crippen molar-refractivity contribution in [2.45, 2.75) is 19.6 Å².